The second kappa shape index (κ2) is 10.1. The summed E-state index contributed by atoms with van der Waals surface area (Å²) in [6.07, 6.45) is 2.51. The molecule has 0 fully saturated rings. The Balaban J connectivity index is 1.38. The summed E-state index contributed by atoms with van der Waals surface area (Å²) < 4.78 is 10.3. The van der Waals surface area contributed by atoms with Gasteiger partial charge in [-0.1, -0.05) is 24.3 Å². The van der Waals surface area contributed by atoms with E-state index in [1.54, 1.807) is 6.26 Å². The minimum Gasteiger partial charge on any atom is -0.468 e. The lowest BCUT2D eigenvalue weighted by Gasteiger charge is -2.34. The number of amides is 2. The molecule has 1 unspecified atom stereocenters. The Bertz CT molecular complexity index is 1130. The fraction of sp³-hybridized carbons (Fsp3) is 0.240. The van der Waals surface area contributed by atoms with Crippen molar-refractivity contribution < 1.29 is 23.5 Å². The van der Waals surface area contributed by atoms with Crippen LogP contribution in [0.5, 0.6) is 0 Å². The molecule has 2 heterocycles. The zero-order valence-corrected chi connectivity index (χ0v) is 18.2. The highest BCUT2D eigenvalue weighted by Gasteiger charge is 2.28. The Morgan fingerprint density at radius 1 is 1.00 bits per heavy atom. The molecule has 2 aromatic carbocycles. The maximum absolute atomic E-state index is 12.5. The first kappa shape index (κ1) is 22.3. The number of fused-ring (bicyclic) bond motifs is 1. The van der Waals surface area contributed by atoms with Gasteiger partial charge >= 0.3 is 17.8 Å². The summed E-state index contributed by atoms with van der Waals surface area (Å²) in [5.41, 5.74) is 3.33. The van der Waals surface area contributed by atoms with Crippen LogP contribution in [0.2, 0.25) is 0 Å². The fourth-order valence-electron chi connectivity index (χ4n) is 3.94. The number of ether oxygens (including phenoxy) is 1. The normalized spacial score (nSPS) is 14.1. The van der Waals surface area contributed by atoms with Gasteiger partial charge < -0.3 is 19.8 Å². The number of carbonyl (C=O) groups is 3. The summed E-state index contributed by atoms with van der Waals surface area (Å²) in [6, 6.07) is 17.9. The summed E-state index contributed by atoms with van der Waals surface area (Å²) in [5, 5.41) is 5.26. The zero-order valence-electron chi connectivity index (χ0n) is 18.2. The van der Waals surface area contributed by atoms with E-state index in [-0.39, 0.29) is 12.6 Å². The van der Waals surface area contributed by atoms with E-state index in [1.807, 2.05) is 24.3 Å². The third-order valence-corrected chi connectivity index (χ3v) is 5.70. The van der Waals surface area contributed by atoms with Gasteiger partial charge in [-0.25, -0.2) is 4.79 Å². The largest absolute Gasteiger partial charge is 0.468 e. The third-order valence-electron chi connectivity index (χ3n) is 5.70. The van der Waals surface area contributed by atoms with E-state index in [4.69, 9.17) is 4.42 Å². The van der Waals surface area contributed by atoms with Gasteiger partial charge in [0.1, 0.15) is 5.76 Å². The molecule has 1 aliphatic heterocycles. The van der Waals surface area contributed by atoms with Gasteiger partial charge in [-0.05, 0) is 53.9 Å². The SMILES string of the molecule is COC(=O)c1ccc(NC(=O)C(=O)NCC(c2ccco2)N2CCc3ccccc3C2)cc1. The lowest BCUT2D eigenvalue weighted by atomic mass is 9.98. The molecule has 0 saturated carbocycles. The molecule has 8 heteroatoms. The monoisotopic (exact) mass is 447 g/mol. The number of carbonyl (C=O) groups excluding carboxylic acids is 3. The molecule has 0 spiro atoms. The van der Waals surface area contributed by atoms with Crippen LogP contribution in [-0.2, 0) is 27.3 Å². The molecule has 1 atom stereocenters. The maximum Gasteiger partial charge on any atom is 0.337 e. The molecule has 8 nitrogen and oxygen atoms in total. The number of methoxy groups -OCH3 is 1. The van der Waals surface area contributed by atoms with Crippen LogP contribution in [-0.4, -0.2) is 42.9 Å². The van der Waals surface area contributed by atoms with Crippen LogP contribution in [0.3, 0.4) is 0 Å². The van der Waals surface area contributed by atoms with Gasteiger partial charge in [0.05, 0.1) is 25.0 Å². The molecular weight excluding hydrogens is 422 g/mol. The lowest BCUT2D eigenvalue weighted by molar-refractivity contribution is -0.136. The molecule has 1 aromatic heterocycles. The van der Waals surface area contributed by atoms with Crippen molar-refractivity contribution in [2.75, 3.05) is 25.5 Å². The first-order chi connectivity index (χ1) is 16.0. The molecule has 4 rings (SSSR count). The molecule has 0 saturated heterocycles. The number of esters is 1. The van der Waals surface area contributed by atoms with Crippen LogP contribution in [0.25, 0.3) is 0 Å². The van der Waals surface area contributed by atoms with Crippen molar-refractivity contribution in [2.24, 2.45) is 0 Å². The van der Waals surface area contributed by atoms with E-state index >= 15 is 0 Å². The number of rotatable bonds is 6. The summed E-state index contributed by atoms with van der Waals surface area (Å²) >= 11 is 0. The van der Waals surface area contributed by atoms with Gasteiger partial charge in [0, 0.05) is 25.3 Å². The number of anilines is 1. The Kier molecular flexibility index (Phi) is 6.85. The van der Waals surface area contributed by atoms with Crippen molar-refractivity contribution in [3.05, 3.63) is 89.4 Å². The molecule has 170 valence electrons. The second-order valence-corrected chi connectivity index (χ2v) is 7.75. The van der Waals surface area contributed by atoms with Crippen molar-refractivity contribution in [3.8, 4) is 0 Å². The molecule has 2 amide bonds. The van der Waals surface area contributed by atoms with Crippen LogP contribution >= 0.6 is 0 Å². The molecule has 0 radical (unpaired) electrons. The Hall–Kier alpha value is -3.91. The van der Waals surface area contributed by atoms with Crippen molar-refractivity contribution in [3.63, 3.8) is 0 Å². The van der Waals surface area contributed by atoms with Gasteiger partial charge in [0.25, 0.3) is 0 Å². The van der Waals surface area contributed by atoms with Crippen LogP contribution in [0, 0.1) is 0 Å². The van der Waals surface area contributed by atoms with Crippen LogP contribution in [0.4, 0.5) is 5.69 Å². The van der Waals surface area contributed by atoms with Gasteiger partial charge in [-0.2, -0.15) is 0 Å². The lowest BCUT2D eigenvalue weighted by Crippen LogP contribution is -2.43. The van der Waals surface area contributed by atoms with Crippen LogP contribution < -0.4 is 10.6 Å². The molecule has 1 aliphatic rings. The summed E-state index contributed by atoms with van der Waals surface area (Å²) in [4.78, 5) is 38.6. The molecule has 2 N–H and O–H groups in total. The standard InChI is InChI=1S/C25H25N3O5/c1-32-25(31)18-8-10-20(11-9-18)27-24(30)23(29)26-15-21(22-7-4-14-33-22)28-13-12-17-5-2-3-6-19(17)16-28/h2-11,14,21H,12-13,15-16H2,1H3,(H,26,29)(H,27,30). The molecule has 0 bridgehead atoms. The number of benzene rings is 2. The Morgan fingerprint density at radius 3 is 2.45 bits per heavy atom. The summed E-state index contributed by atoms with van der Waals surface area (Å²) in [7, 11) is 1.29. The van der Waals surface area contributed by atoms with E-state index in [1.165, 1.54) is 42.5 Å². The van der Waals surface area contributed by atoms with E-state index in [0.717, 1.165) is 25.3 Å². The van der Waals surface area contributed by atoms with Crippen molar-refractivity contribution in [1.29, 1.82) is 0 Å². The quantitative estimate of drug-likeness (QED) is 0.445. The molecule has 0 aliphatic carbocycles. The molecule has 33 heavy (non-hydrogen) atoms. The number of hydrogen-bond donors (Lipinski definition) is 2. The maximum atomic E-state index is 12.5. The highest BCUT2D eigenvalue weighted by Crippen LogP contribution is 2.27. The predicted octanol–water partition coefficient (Wildman–Crippen LogP) is 2.92. The Morgan fingerprint density at radius 2 is 1.76 bits per heavy atom. The molecule has 3 aromatic rings. The average Bonchev–Trinajstić information content (AvgIpc) is 3.38. The second-order valence-electron chi connectivity index (χ2n) is 7.75. The van der Waals surface area contributed by atoms with Crippen LogP contribution in [0.1, 0.15) is 33.3 Å². The van der Waals surface area contributed by atoms with E-state index in [0.29, 0.717) is 11.3 Å². The highest BCUT2D eigenvalue weighted by atomic mass is 16.5. The number of furan rings is 1. The van der Waals surface area contributed by atoms with Crippen molar-refractivity contribution in [1.82, 2.24) is 10.2 Å². The Labute approximate surface area is 191 Å². The smallest absolute Gasteiger partial charge is 0.337 e. The van der Waals surface area contributed by atoms with Gasteiger partial charge in [0.2, 0.25) is 0 Å². The minimum absolute atomic E-state index is 0.204. The first-order valence-electron chi connectivity index (χ1n) is 10.7. The third kappa shape index (κ3) is 5.30. The summed E-state index contributed by atoms with van der Waals surface area (Å²) in [6.45, 7) is 1.77. The van der Waals surface area contributed by atoms with Gasteiger partial charge in [0.15, 0.2) is 0 Å². The fourth-order valence-corrected chi connectivity index (χ4v) is 3.94. The van der Waals surface area contributed by atoms with Crippen molar-refractivity contribution >= 4 is 23.5 Å². The highest BCUT2D eigenvalue weighted by molar-refractivity contribution is 6.39. The molecular formula is C25H25N3O5. The van der Waals surface area contributed by atoms with E-state index in [2.05, 4.69) is 32.4 Å². The number of nitrogens with zero attached hydrogens (tertiary/aromatic N) is 1. The first-order valence-corrected chi connectivity index (χ1v) is 10.7. The minimum atomic E-state index is -0.789. The zero-order chi connectivity index (χ0) is 23.2. The van der Waals surface area contributed by atoms with Crippen molar-refractivity contribution in [2.45, 2.75) is 19.0 Å². The van der Waals surface area contributed by atoms with Crippen LogP contribution in [0.15, 0.2) is 71.3 Å². The van der Waals surface area contributed by atoms with E-state index in [9.17, 15) is 14.4 Å². The van der Waals surface area contributed by atoms with Gasteiger partial charge in [-0.15, -0.1) is 0 Å². The summed E-state index contributed by atoms with van der Waals surface area (Å²) in [5.74, 6) is -1.28. The van der Waals surface area contributed by atoms with E-state index < -0.39 is 17.8 Å². The van der Waals surface area contributed by atoms with Gasteiger partial charge in [-0.3, -0.25) is 14.5 Å². The number of nitrogens with one attached hydrogen (secondary N) is 2. The number of hydrogen-bond acceptors (Lipinski definition) is 6. The topological polar surface area (TPSA) is 101 Å². The average molecular weight is 447 g/mol. The predicted molar refractivity (Wildman–Crippen MR) is 121 cm³/mol.